The van der Waals surface area contributed by atoms with Crippen LogP contribution in [0.1, 0.15) is 30.8 Å². The van der Waals surface area contributed by atoms with E-state index in [0.717, 1.165) is 10.6 Å². The summed E-state index contributed by atoms with van der Waals surface area (Å²) in [5.74, 6) is 1.25. The van der Waals surface area contributed by atoms with E-state index in [1.807, 2.05) is 30.9 Å². The lowest BCUT2D eigenvalue weighted by atomic mass is 10.1. The lowest BCUT2D eigenvalue weighted by Crippen LogP contribution is -2.36. The summed E-state index contributed by atoms with van der Waals surface area (Å²) in [6.45, 7) is 9.13. The number of hydrogen-bond acceptors (Lipinski definition) is 6. The van der Waals surface area contributed by atoms with E-state index in [9.17, 15) is 9.59 Å². The summed E-state index contributed by atoms with van der Waals surface area (Å²) in [5.41, 5.74) is 0.952. The molecule has 7 nitrogen and oxygen atoms in total. The molecule has 3 rings (SSSR count). The fourth-order valence-electron chi connectivity index (χ4n) is 3.08. The normalized spacial score (nSPS) is 13.0. The molecular formula is C22H27N3O4S. The minimum atomic E-state index is -0.299. The molecule has 30 heavy (non-hydrogen) atoms. The van der Waals surface area contributed by atoms with Gasteiger partial charge in [0.15, 0.2) is 23.2 Å². The topological polar surface area (TPSA) is 80.8 Å². The molecule has 0 saturated carbocycles. The van der Waals surface area contributed by atoms with Gasteiger partial charge < -0.3 is 14.4 Å². The van der Waals surface area contributed by atoms with Gasteiger partial charge in [-0.15, -0.1) is 0 Å². The van der Waals surface area contributed by atoms with Crippen molar-refractivity contribution in [1.29, 1.82) is 0 Å². The number of para-hydroxylation sites is 2. The molecule has 160 valence electrons. The van der Waals surface area contributed by atoms with Crippen LogP contribution in [0.25, 0.3) is 0 Å². The minimum absolute atomic E-state index is 0.155. The summed E-state index contributed by atoms with van der Waals surface area (Å²) in [4.78, 5) is 32.1. The molecule has 0 aliphatic carbocycles. The van der Waals surface area contributed by atoms with Crippen molar-refractivity contribution in [3.05, 3.63) is 47.5 Å². The van der Waals surface area contributed by atoms with Gasteiger partial charge in [-0.1, -0.05) is 50.0 Å². The number of thiazole rings is 1. The van der Waals surface area contributed by atoms with Crippen LogP contribution in [0.5, 0.6) is 11.5 Å². The van der Waals surface area contributed by atoms with Gasteiger partial charge in [0.05, 0.1) is 12.2 Å². The molecule has 1 aliphatic rings. The molecule has 0 atom stereocenters. The molecule has 0 radical (unpaired) electrons. The van der Waals surface area contributed by atoms with Crippen molar-refractivity contribution in [3.63, 3.8) is 0 Å². The molecule has 0 fully saturated rings. The average molecular weight is 430 g/mol. The van der Waals surface area contributed by atoms with Crippen LogP contribution in [-0.4, -0.2) is 41.5 Å². The number of fused-ring (bicyclic) bond motifs is 1. The molecule has 0 bridgehead atoms. The van der Waals surface area contributed by atoms with Crippen LogP contribution in [0.2, 0.25) is 0 Å². The van der Waals surface area contributed by atoms with Gasteiger partial charge in [0, 0.05) is 24.3 Å². The number of carbonyl (C=O) groups excluding carboxylic acids is 2. The number of rotatable bonds is 9. The second-order valence-corrected chi connectivity index (χ2v) is 8.52. The zero-order chi connectivity index (χ0) is 21.5. The highest BCUT2D eigenvalue weighted by molar-refractivity contribution is 7.15. The zero-order valence-electron chi connectivity index (χ0n) is 17.3. The Bertz CT molecular complexity index is 910. The summed E-state index contributed by atoms with van der Waals surface area (Å²) in [7, 11) is 0. The van der Waals surface area contributed by atoms with Gasteiger partial charge in [-0.2, -0.15) is 0 Å². The Balaban J connectivity index is 1.55. The molecule has 2 amide bonds. The second kappa shape index (κ2) is 10.2. The SMILES string of the molecule is C=CCOc1ccccc1OCC(=O)Nc1nc2c(s1)CN(C(=O)CC(C)C)CC2. The third-order valence-electron chi connectivity index (χ3n) is 4.48. The van der Waals surface area contributed by atoms with Crippen LogP contribution < -0.4 is 14.8 Å². The summed E-state index contributed by atoms with van der Waals surface area (Å²) in [6, 6.07) is 7.17. The van der Waals surface area contributed by atoms with Crippen molar-refractivity contribution >= 4 is 28.3 Å². The molecule has 0 spiro atoms. The zero-order valence-corrected chi connectivity index (χ0v) is 18.2. The Morgan fingerprint density at radius 2 is 2.03 bits per heavy atom. The maximum absolute atomic E-state index is 12.3. The third kappa shape index (κ3) is 5.82. The molecule has 1 aliphatic heterocycles. The number of nitrogens with one attached hydrogen (secondary N) is 1. The van der Waals surface area contributed by atoms with E-state index >= 15 is 0 Å². The first kappa shape index (κ1) is 21.8. The van der Waals surface area contributed by atoms with Crippen molar-refractivity contribution in [2.45, 2.75) is 33.2 Å². The monoisotopic (exact) mass is 429 g/mol. The molecule has 2 heterocycles. The molecular weight excluding hydrogens is 402 g/mol. The van der Waals surface area contributed by atoms with Gasteiger partial charge in [-0.25, -0.2) is 4.98 Å². The van der Waals surface area contributed by atoms with E-state index in [-0.39, 0.29) is 18.4 Å². The predicted molar refractivity (Wildman–Crippen MR) is 117 cm³/mol. The van der Waals surface area contributed by atoms with Crippen molar-refractivity contribution in [2.24, 2.45) is 5.92 Å². The van der Waals surface area contributed by atoms with Crippen LogP contribution in [0, 0.1) is 5.92 Å². The first-order valence-corrected chi connectivity index (χ1v) is 10.8. The minimum Gasteiger partial charge on any atom is -0.486 e. The standard InChI is InChI=1S/C22H27N3O4S/c1-4-11-28-17-7-5-6-8-18(17)29-14-20(26)24-22-23-16-9-10-25(13-19(16)30-22)21(27)12-15(2)3/h4-8,15H,1,9-14H2,2-3H3,(H,23,24,26). The number of nitrogens with zero attached hydrogens (tertiary/aromatic N) is 2. The molecule has 1 N–H and O–H groups in total. The van der Waals surface area contributed by atoms with Crippen LogP contribution >= 0.6 is 11.3 Å². The fraction of sp³-hybridized carbons (Fsp3) is 0.409. The Morgan fingerprint density at radius 3 is 2.73 bits per heavy atom. The van der Waals surface area contributed by atoms with Crippen molar-refractivity contribution in [3.8, 4) is 11.5 Å². The Kier molecular flexibility index (Phi) is 7.46. The van der Waals surface area contributed by atoms with Gasteiger partial charge in [0.1, 0.15) is 6.61 Å². The number of amides is 2. The first-order chi connectivity index (χ1) is 14.5. The Labute approximate surface area is 180 Å². The molecule has 2 aromatic rings. The maximum atomic E-state index is 12.3. The number of anilines is 1. The summed E-state index contributed by atoms with van der Waals surface area (Å²) in [6.07, 6.45) is 2.90. The van der Waals surface area contributed by atoms with Gasteiger partial charge in [-0.3, -0.25) is 14.9 Å². The van der Waals surface area contributed by atoms with E-state index in [2.05, 4.69) is 16.9 Å². The first-order valence-electron chi connectivity index (χ1n) is 9.98. The summed E-state index contributed by atoms with van der Waals surface area (Å²) in [5, 5.41) is 3.32. The predicted octanol–water partition coefficient (Wildman–Crippen LogP) is 3.66. The molecule has 0 saturated heterocycles. The number of aromatic nitrogens is 1. The fourth-order valence-corrected chi connectivity index (χ4v) is 4.12. The van der Waals surface area contributed by atoms with Crippen molar-refractivity contribution < 1.29 is 19.1 Å². The molecule has 1 aromatic carbocycles. The lowest BCUT2D eigenvalue weighted by Gasteiger charge is -2.26. The van der Waals surface area contributed by atoms with Crippen LogP contribution in [-0.2, 0) is 22.6 Å². The van der Waals surface area contributed by atoms with Crippen molar-refractivity contribution in [2.75, 3.05) is 25.1 Å². The highest BCUT2D eigenvalue weighted by atomic mass is 32.1. The lowest BCUT2D eigenvalue weighted by molar-refractivity contribution is -0.132. The van der Waals surface area contributed by atoms with E-state index in [1.54, 1.807) is 18.2 Å². The molecule has 8 heteroatoms. The average Bonchev–Trinajstić information content (AvgIpc) is 3.12. The number of carbonyl (C=O) groups is 2. The van der Waals surface area contributed by atoms with Gasteiger partial charge >= 0.3 is 0 Å². The summed E-state index contributed by atoms with van der Waals surface area (Å²) < 4.78 is 11.1. The van der Waals surface area contributed by atoms with Gasteiger partial charge in [-0.05, 0) is 18.1 Å². The second-order valence-electron chi connectivity index (χ2n) is 7.44. The molecule has 1 aromatic heterocycles. The quantitative estimate of drug-likeness (QED) is 0.616. The largest absolute Gasteiger partial charge is 0.486 e. The van der Waals surface area contributed by atoms with Crippen LogP contribution in [0.3, 0.4) is 0 Å². The van der Waals surface area contributed by atoms with E-state index < -0.39 is 0 Å². The number of benzene rings is 1. The van der Waals surface area contributed by atoms with Gasteiger partial charge in [0.2, 0.25) is 5.91 Å². The van der Waals surface area contributed by atoms with E-state index in [4.69, 9.17) is 9.47 Å². The van der Waals surface area contributed by atoms with E-state index in [0.29, 0.717) is 55.1 Å². The molecule has 0 unspecified atom stereocenters. The van der Waals surface area contributed by atoms with Crippen LogP contribution in [0.4, 0.5) is 5.13 Å². The number of ether oxygens (including phenoxy) is 2. The smallest absolute Gasteiger partial charge is 0.264 e. The van der Waals surface area contributed by atoms with Crippen LogP contribution in [0.15, 0.2) is 36.9 Å². The highest BCUT2D eigenvalue weighted by Crippen LogP contribution is 2.29. The summed E-state index contributed by atoms with van der Waals surface area (Å²) >= 11 is 1.41. The number of hydrogen-bond donors (Lipinski definition) is 1. The highest BCUT2D eigenvalue weighted by Gasteiger charge is 2.25. The third-order valence-corrected chi connectivity index (χ3v) is 5.48. The Hall–Kier alpha value is -2.87. The van der Waals surface area contributed by atoms with Crippen molar-refractivity contribution in [1.82, 2.24) is 9.88 Å². The Morgan fingerprint density at radius 1 is 1.30 bits per heavy atom. The van der Waals surface area contributed by atoms with Gasteiger partial charge in [0.25, 0.3) is 5.91 Å². The van der Waals surface area contributed by atoms with E-state index in [1.165, 1.54) is 11.3 Å². The maximum Gasteiger partial charge on any atom is 0.264 e.